The van der Waals surface area contributed by atoms with Crippen molar-refractivity contribution in [3.63, 3.8) is 0 Å². The Hall–Kier alpha value is -1.95. The second-order valence-corrected chi connectivity index (χ2v) is 4.47. The third-order valence-electron chi connectivity index (χ3n) is 2.53. The summed E-state index contributed by atoms with van der Waals surface area (Å²) >= 11 is 5.66. The molecule has 0 aliphatic heterocycles. The smallest absolute Gasteiger partial charge is 0.303 e. The number of nitrogens with zero attached hydrogens (tertiary/aromatic N) is 3. The predicted octanol–water partition coefficient (Wildman–Crippen LogP) is 2.14. The van der Waals surface area contributed by atoms with Crippen LogP contribution in [0.25, 0.3) is 0 Å². The number of rotatable bonds is 5. The molecule has 0 aliphatic rings. The van der Waals surface area contributed by atoms with Crippen molar-refractivity contribution >= 4 is 17.6 Å². The maximum absolute atomic E-state index is 13.6. The lowest BCUT2D eigenvalue weighted by atomic mass is 10.2. The van der Waals surface area contributed by atoms with Gasteiger partial charge in [0.05, 0.1) is 18.7 Å². The van der Waals surface area contributed by atoms with Crippen molar-refractivity contribution in [1.82, 2.24) is 15.0 Å². The van der Waals surface area contributed by atoms with E-state index in [1.54, 1.807) is 18.3 Å². The molecule has 1 N–H and O–H groups in total. The highest BCUT2D eigenvalue weighted by Gasteiger charge is 2.07. The van der Waals surface area contributed by atoms with E-state index < -0.39 is 11.8 Å². The molecule has 0 aliphatic carbocycles. The third-order valence-corrected chi connectivity index (χ3v) is 2.76. The number of hydrogen-bond acceptors (Lipinski definition) is 3. The zero-order valence-electron chi connectivity index (χ0n) is 9.88. The number of aryl methyl sites for hydroxylation is 1. The van der Waals surface area contributed by atoms with Crippen LogP contribution in [0.15, 0.2) is 24.4 Å². The van der Waals surface area contributed by atoms with E-state index in [4.69, 9.17) is 16.7 Å². The fourth-order valence-electron chi connectivity index (χ4n) is 1.59. The van der Waals surface area contributed by atoms with Crippen LogP contribution in [0.3, 0.4) is 0 Å². The molecule has 1 aromatic carbocycles. The van der Waals surface area contributed by atoms with Crippen LogP contribution in [0.5, 0.6) is 0 Å². The average Bonchev–Trinajstić information content (AvgIpc) is 2.78. The largest absolute Gasteiger partial charge is 0.481 e. The lowest BCUT2D eigenvalue weighted by Gasteiger charge is -2.02. The van der Waals surface area contributed by atoms with Gasteiger partial charge in [-0.2, -0.15) is 0 Å². The predicted molar refractivity (Wildman–Crippen MR) is 66.5 cm³/mol. The zero-order valence-corrected chi connectivity index (χ0v) is 10.6. The number of carboxylic acids is 1. The molecule has 100 valence electrons. The molecule has 1 heterocycles. The van der Waals surface area contributed by atoms with Crippen LogP contribution in [-0.4, -0.2) is 26.1 Å². The molecule has 0 saturated heterocycles. The fraction of sp³-hybridized carbons (Fsp3) is 0.250. The molecule has 2 aromatic rings. The van der Waals surface area contributed by atoms with E-state index in [0.717, 1.165) is 0 Å². The number of aromatic nitrogens is 3. The monoisotopic (exact) mass is 283 g/mol. The van der Waals surface area contributed by atoms with Crippen LogP contribution in [0.4, 0.5) is 4.39 Å². The Morgan fingerprint density at radius 2 is 2.26 bits per heavy atom. The number of benzene rings is 1. The summed E-state index contributed by atoms with van der Waals surface area (Å²) in [4.78, 5) is 10.4. The summed E-state index contributed by atoms with van der Waals surface area (Å²) in [5.74, 6) is -1.30. The number of hydrogen-bond donors (Lipinski definition) is 1. The first kappa shape index (κ1) is 13.5. The van der Waals surface area contributed by atoms with Crippen molar-refractivity contribution in [2.24, 2.45) is 0 Å². The summed E-state index contributed by atoms with van der Waals surface area (Å²) in [6, 6.07) is 4.41. The Morgan fingerprint density at radius 1 is 1.47 bits per heavy atom. The number of carboxylic acid groups (broad SMARTS) is 1. The first-order valence-electron chi connectivity index (χ1n) is 5.59. The van der Waals surface area contributed by atoms with Gasteiger partial charge in [-0.05, 0) is 12.1 Å². The van der Waals surface area contributed by atoms with Crippen LogP contribution in [0.2, 0.25) is 5.02 Å². The molecule has 0 radical (unpaired) electrons. The van der Waals surface area contributed by atoms with Crippen molar-refractivity contribution in [2.75, 3.05) is 0 Å². The summed E-state index contributed by atoms with van der Waals surface area (Å²) in [5, 5.41) is 16.6. The summed E-state index contributed by atoms with van der Waals surface area (Å²) in [6.07, 6.45) is 1.91. The number of aliphatic carboxylic acids is 1. The first-order valence-corrected chi connectivity index (χ1v) is 5.97. The van der Waals surface area contributed by atoms with Crippen molar-refractivity contribution in [1.29, 1.82) is 0 Å². The number of carbonyl (C=O) groups is 1. The molecular formula is C12H11ClFN3O2. The second kappa shape index (κ2) is 5.79. The molecule has 0 unspecified atom stereocenters. The van der Waals surface area contributed by atoms with Crippen molar-refractivity contribution in [3.05, 3.63) is 46.5 Å². The van der Waals surface area contributed by atoms with Gasteiger partial charge in [-0.15, -0.1) is 5.10 Å². The summed E-state index contributed by atoms with van der Waals surface area (Å²) < 4.78 is 15.0. The Kier molecular flexibility index (Phi) is 4.11. The van der Waals surface area contributed by atoms with Crippen LogP contribution < -0.4 is 0 Å². The minimum Gasteiger partial charge on any atom is -0.481 e. The van der Waals surface area contributed by atoms with E-state index in [1.807, 2.05) is 0 Å². The fourth-order valence-corrected chi connectivity index (χ4v) is 1.75. The molecule has 19 heavy (non-hydrogen) atoms. The van der Waals surface area contributed by atoms with Crippen LogP contribution in [0, 0.1) is 5.82 Å². The Balaban J connectivity index is 2.05. The minimum atomic E-state index is -0.890. The van der Waals surface area contributed by atoms with Crippen molar-refractivity contribution in [2.45, 2.75) is 19.4 Å². The molecule has 0 spiro atoms. The van der Waals surface area contributed by atoms with Crippen LogP contribution >= 0.6 is 11.6 Å². The molecular weight excluding hydrogens is 273 g/mol. The molecule has 1 aromatic heterocycles. The van der Waals surface area contributed by atoms with Crippen molar-refractivity contribution in [3.8, 4) is 0 Å². The standard InChI is InChI=1S/C12H11ClFN3O2/c13-9-2-1-8(11(14)5-9)6-17-7-10(15-16-17)3-4-12(18)19/h1-2,5,7H,3-4,6H2,(H,18,19). The average molecular weight is 284 g/mol. The van der Waals surface area contributed by atoms with Gasteiger partial charge in [0.2, 0.25) is 0 Å². The molecule has 0 amide bonds. The van der Waals surface area contributed by atoms with Gasteiger partial charge in [-0.25, -0.2) is 9.07 Å². The molecule has 0 bridgehead atoms. The van der Waals surface area contributed by atoms with E-state index in [-0.39, 0.29) is 13.0 Å². The lowest BCUT2D eigenvalue weighted by Crippen LogP contribution is -2.02. The van der Waals surface area contributed by atoms with Gasteiger partial charge in [-0.1, -0.05) is 22.9 Å². The molecule has 0 atom stereocenters. The topological polar surface area (TPSA) is 68.0 Å². The van der Waals surface area contributed by atoms with Gasteiger partial charge in [0.1, 0.15) is 5.82 Å². The normalized spacial score (nSPS) is 10.6. The van der Waals surface area contributed by atoms with Gasteiger partial charge >= 0.3 is 5.97 Å². The highest BCUT2D eigenvalue weighted by molar-refractivity contribution is 6.30. The van der Waals surface area contributed by atoms with E-state index in [0.29, 0.717) is 22.7 Å². The molecule has 0 saturated carbocycles. The van der Waals surface area contributed by atoms with Gasteiger partial charge in [0.15, 0.2) is 0 Å². The summed E-state index contributed by atoms with van der Waals surface area (Å²) in [6.45, 7) is 0.225. The van der Waals surface area contributed by atoms with Crippen molar-refractivity contribution < 1.29 is 14.3 Å². The summed E-state index contributed by atoms with van der Waals surface area (Å²) in [7, 11) is 0. The van der Waals surface area contributed by atoms with E-state index >= 15 is 0 Å². The SMILES string of the molecule is O=C(O)CCc1cn(Cc2ccc(Cl)cc2F)nn1. The Bertz CT molecular complexity index is 600. The van der Waals surface area contributed by atoms with Crippen LogP contribution in [0.1, 0.15) is 17.7 Å². The van der Waals surface area contributed by atoms with Gasteiger partial charge < -0.3 is 5.11 Å². The molecule has 5 nitrogen and oxygen atoms in total. The maximum atomic E-state index is 13.6. The molecule has 0 fully saturated rings. The maximum Gasteiger partial charge on any atom is 0.303 e. The van der Waals surface area contributed by atoms with E-state index in [1.165, 1.54) is 10.7 Å². The minimum absolute atomic E-state index is 0.00595. The first-order chi connectivity index (χ1) is 9.04. The van der Waals surface area contributed by atoms with Gasteiger partial charge in [-0.3, -0.25) is 4.79 Å². The Labute approximate surface area is 113 Å². The van der Waals surface area contributed by atoms with E-state index in [2.05, 4.69) is 10.3 Å². The molecule has 7 heteroatoms. The third kappa shape index (κ3) is 3.75. The highest BCUT2D eigenvalue weighted by Crippen LogP contribution is 2.15. The number of halogens is 2. The quantitative estimate of drug-likeness (QED) is 0.913. The van der Waals surface area contributed by atoms with Gasteiger partial charge in [0.25, 0.3) is 0 Å². The Morgan fingerprint density at radius 3 is 2.95 bits per heavy atom. The zero-order chi connectivity index (χ0) is 13.8. The van der Waals surface area contributed by atoms with Gasteiger partial charge in [0, 0.05) is 23.2 Å². The lowest BCUT2D eigenvalue weighted by molar-refractivity contribution is -0.136. The summed E-state index contributed by atoms with van der Waals surface area (Å²) in [5.41, 5.74) is 1.01. The highest BCUT2D eigenvalue weighted by atomic mass is 35.5. The second-order valence-electron chi connectivity index (χ2n) is 4.04. The van der Waals surface area contributed by atoms with Crippen LogP contribution in [-0.2, 0) is 17.8 Å². The van der Waals surface area contributed by atoms with E-state index in [9.17, 15) is 9.18 Å². The molecule has 2 rings (SSSR count).